The Morgan fingerprint density at radius 1 is 0.652 bits per heavy atom. The standard InChI is InChI=1S/C22H30S/c1-2-3-4-5-6-8-11-20-14-16-21(17-15-20)18-19-23-22-12-9-7-10-13-22/h7,9-10,12-17H,2-6,8,11,18-19H2,1H3. The second kappa shape index (κ2) is 11.3. The lowest BCUT2D eigenvalue weighted by molar-refractivity contribution is 0.607. The third-order valence-electron chi connectivity index (χ3n) is 4.24. The van der Waals surface area contributed by atoms with Gasteiger partial charge >= 0.3 is 0 Å². The Balaban J connectivity index is 1.62. The summed E-state index contributed by atoms with van der Waals surface area (Å²) in [5, 5.41) is 0. The molecule has 23 heavy (non-hydrogen) atoms. The summed E-state index contributed by atoms with van der Waals surface area (Å²) in [5.41, 5.74) is 2.96. The van der Waals surface area contributed by atoms with E-state index in [1.807, 2.05) is 11.8 Å². The largest absolute Gasteiger partial charge is 0.126 e. The smallest absolute Gasteiger partial charge is 0.00720 e. The van der Waals surface area contributed by atoms with Crippen LogP contribution in [0.15, 0.2) is 59.5 Å². The summed E-state index contributed by atoms with van der Waals surface area (Å²) in [6.45, 7) is 2.28. The fourth-order valence-electron chi connectivity index (χ4n) is 2.79. The average Bonchev–Trinajstić information content (AvgIpc) is 2.60. The van der Waals surface area contributed by atoms with Gasteiger partial charge < -0.3 is 0 Å². The van der Waals surface area contributed by atoms with E-state index in [0.717, 1.165) is 12.2 Å². The zero-order valence-corrected chi connectivity index (χ0v) is 15.3. The van der Waals surface area contributed by atoms with Crippen LogP contribution in [-0.4, -0.2) is 5.75 Å². The molecule has 0 heterocycles. The van der Waals surface area contributed by atoms with E-state index in [9.17, 15) is 0 Å². The van der Waals surface area contributed by atoms with Gasteiger partial charge in [0.1, 0.15) is 0 Å². The number of unbranched alkanes of at least 4 members (excludes halogenated alkanes) is 5. The molecule has 0 fully saturated rings. The molecule has 0 atom stereocenters. The molecule has 0 spiro atoms. The Bertz CT molecular complexity index is 515. The maximum Gasteiger partial charge on any atom is 0.00720 e. The summed E-state index contributed by atoms with van der Waals surface area (Å²) in [6.07, 6.45) is 10.7. The predicted molar refractivity (Wildman–Crippen MR) is 104 cm³/mol. The first kappa shape index (κ1) is 18.1. The van der Waals surface area contributed by atoms with Crippen molar-refractivity contribution < 1.29 is 0 Å². The van der Waals surface area contributed by atoms with E-state index in [0.29, 0.717) is 0 Å². The normalized spacial score (nSPS) is 10.8. The highest BCUT2D eigenvalue weighted by molar-refractivity contribution is 7.99. The highest BCUT2D eigenvalue weighted by atomic mass is 32.2. The molecule has 1 heteroatoms. The number of thioether (sulfide) groups is 1. The van der Waals surface area contributed by atoms with Crippen LogP contribution in [0.2, 0.25) is 0 Å². The van der Waals surface area contributed by atoms with Crippen LogP contribution in [-0.2, 0) is 12.8 Å². The lowest BCUT2D eigenvalue weighted by Crippen LogP contribution is -1.91. The third-order valence-corrected chi connectivity index (χ3v) is 5.26. The maximum absolute atomic E-state index is 2.33. The van der Waals surface area contributed by atoms with Crippen molar-refractivity contribution in [2.75, 3.05) is 5.75 Å². The highest BCUT2D eigenvalue weighted by Gasteiger charge is 1.98. The first-order valence-electron chi connectivity index (χ1n) is 9.14. The van der Waals surface area contributed by atoms with E-state index in [-0.39, 0.29) is 0 Å². The monoisotopic (exact) mass is 326 g/mol. The maximum atomic E-state index is 2.33. The van der Waals surface area contributed by atoms with Gasteiger partial charge in [-0.15, -0.1) is 11.8 Å². The number of rotatable bonds is 11. The SMILES string of the molecule is CCCCCCCCc1ccc(CCSc2ccccc2)cc1. The minimum absolute atomic E-state index is 1.15. The number of aryl methyl sites for hydroxylation is 2. The zero-order valence-electron chi connectivity index (χ0n) is 14.5. The van der Waals surface area contributed by atoms with E-state index in [1.165, 1.54) is 61.0 Å². The Kier molecular flexibility index (Phi) is 8.94. The lowest BCUT2D eigenvalue weighted by atomic mass is 10.0. The van der Waals surface area contributed by atoms with Crippen LogP contribution in [0.3, 0.4) is 0 Å². The Morgan fingerprint density at radius 2 is 1.26 bits per heavy atom. The quantitative estimate of drug-likeness (QED) is 0.319. The van der Waals surface area contributed by atoms with Gasteiger partial charge in [-0.2, -0.15) is 0 Å². The summed E-state index contributed by atoms with van der Waals surface area (Å²) in [6, 6.07) is 20.0. The van der Waals surface area contributed by atoms with Gasteiger partial charge in [0.05, 0.1) is 0 Å². The first-order chi connectivity index (χ1) is 11.4. The van der Waals surface area contributed by atoms with Crippen molar-refractivity contribution in [3.8, 4) is 0 Å². The second-order valence-electron chi connectivity index (χ2n) is 6.25. The molecule has 2 aromatic carbocycles. The lowest BCUT2D eigenvalue weighted by Gasteiger charge is -2.05. The van der Waals surface area contributed by atoms with E-state index in [4.69, 9.17) is 0 Å². The fraction of sp³-hybridized carbons (Fsp3) is 0.455. The van der Waals surface area contributed by atoms with E-state index >= 15 is 0 Å². The van der Waals surface area contributed by atoms with E-state index in [1.54, 1.807) is 0 Å². The second-order valence-corrected chi connectivity index (χ2v) is 7.41. The van der Waals surface area contributed by atoms with Crippen LogP contribution in [0, 0.1) is 0 Å². The molecule has 124 valence electrons. The van der Waals surface area contributed by atoms with Gasteiger partial charge in [-0.3, -0.25) is 0 Å². The van der Waals surface area contributed by atoms with Gasteiger partial charge in [0.25, 0.3) is 0 Å². The topological polar surface area (TPSA) is 0 Å². The molecule has 0 saturated carbocycles. The summed E-state index contributed by atoms with van der Waals surface area (Å²) in [4.78, 5) is 1.37. The van der Waals surface area contributed by atoms with Crippen LogP contribution in [0.5, 0.6) is 0 Å². The average molecular weight is 327 g/mol. The molecule has 2 rings (SSSR count). The Hall–Kier alpha value is -1.21. The van der Waals surface area contributed by atoms with Crippen molar-refractivity contribution in [2.45, 2.75) is 63.2 Å². The Morgan fingerprint density at radius 3 is 1.96 bits per heavy atom. The molecule has 0 aliphatic carbocycles. The van der Waals surface area contributed by atoms with Crippen molar-refractivity contribution in [1.29, 1.82) is 0 Å². The number of hydrogen-bond donors (Lipinski definition) is 0. The minimum Gasteiger partial charge on any atom is -0.126 e. The summed E-state index contributed by atoms with van der Waals surface area (Å²) in [7, 11) is 0. The molecule has 0 amide bonds. The van der Waals surface area contributed by atoms with Crippen LogP contribution >= 0.6 is 11.8 Å². The summed E-state index contributed by atoms with van der Waals surface area (Å²) in [5.74, 6) is 1.15. The van der Waals surface area contributed by atoms with Crippen molar-refractivity contribution in [3.63, 3.8) is 0 Å². The van der Waals surface area contributed by atoms with Gasteiger partial charge in [-0.25, -0.2) is 0 Å². The molecule has 0 aliphatic rings. The van der Waals surface area contributed by atoms with E-state index in [2.05, 4.69) is 61.5 Å². The van der Waals surface area contributed by atoms with Crippen LogP contribution < -0.4 is 0 Å². The van der Waals surface area contributed by atoms with Gasteiger partial charge in [-0.05, 0) is 42.5 Å². The van der Waals surface area contributed by atoms with Gasteiger partial charge in [0.2, 0.25) is 0 Å². The van der Waals surface area contributed by atoms with E-state index < -0.39 is 0 Å². The van der Waals surface area contributed by atoms with Gasteiger partial charge in [-0.1, -0.05) is 81.5 Å². The molecular weight excluding hydrogens is 296 g/mol. The zero-order chi connectivity index (χ0) is 16.2. The first-order valence-corrected chi connectivity index (χ1v) is 10.1. The van der Waals surface area contributed by atoms with Crippen molar-refractivity contribution in [2.24, 2.45) is 0 Å². The number of hydrogen-bond acceptors (Lipinski definition) is 1. The molecule has 0 unspecified atom stereocenters. The van der Waals surface area contributed by atoms with Crippen LogP contribution in [0.4, 0.5) is 0 Å². The van der Waals surface area contributed by atoms with Crippen LogP contribution in [0.25, 0.3) is 0 Å². The van der Waals surface area contributed by atoms with Crippen molar-refractivity contribution in [1.82, 2.24) is 0 Å². The number of benzene rings is 2. The molecule has 0 N–H and O–H groups in total. The molecular formula is C22H30S. The summed E-state index contributed by atoms with van der Waals surface area (Å²) < 4.78 is 0. The molecule has 0 radical (unpaired) electrons. The van der Waals surface area contributed by atoms with Crippen molar-refractivity contribution >= 4 is 11.8 Å². The van der Waals surface area contributed by atoms with Crippen molar-refractivity contribution in [3.05, 3.63) is 65.7 Å². The molecule has 0 saturated heterocycles. The molecule has 0 aromatic heterocycles. The molecule has 0 nitrogen and oxygen atoms in total. The Labute approximate surface area is 146 Å². The third kappa shape index (κ3) is 7.74. The predicted octanol–water partition coefficient (Wildman–Crippen LogP) is 6.92. The molecule has 0 bridgehead atoms. The van der Waals surface area contributed by atoms with Gasteiger partial charge in [0.15, 0.2) is 0 Å². The van der Waals surface area contributed by atoms with Gasteiger partial charge in [0, 0.05) is 10.6 Å². The molecule has 2 aromatic rings. The molecule has 0 aliphatic heterocycles. The highest BCUT2D eigenvalue weighted by Crippen LogP contribution is 2.19. The fourth-order valence-corrected chi connectivity index (χ4v) is 3.71. The summed E-state index contributed by atoms with van der Waals surface area (Å²) >= 11 is 1.94. The minimum atomic E-state index is 1.15. The van der Waals surface area contributed by atoms with Crippen LogP contribution in [0.1, 0.15) is 56.6 Å².